The number of hydrogen-bond acceptors (Lipinski definition) is 4. The largest absolute Gasteiger partial charge is 0.261 e. The van der Waals surface area contributed by atoms with Crippen molar-refractivity contribution in [2.45, 2.75) is 6.92 Å². The molecule has 0 radical (unpaired) electrons. The van der Waals surface area contributed by atoms with E-state index in [2.05, 4.69) is 15.3 Å². The number of rotatable bonds is 1. The van der Waals surface area contributed by atoms with Crippen LogP contribution in [0, 0.1) is 18.4 Å². The molecular weight excluding hydrogens is 128 g/mol. The highest BCUT2D eigenvalue weighted by Crippen LogP contribution is 1.96. The Bertz CT molecular complexity index is 263. The van der Waals surface area contributed by atoms with Crippen LogP contribution in [0.3, 0.4) is 0 Å². The quantitative estimate of drug-likeness (QED) is 0.453. The fourth-order valence-corrected chi connectivity index (χ4v) is 0.559. The Labute approximate surface area is 58.5 Å². The molecule has 0 fully saturated rings. The van der Waals surface area contributed by atoms with Gasteiger partial charge in [-0.3, -0.25) is 5.32 Å². The van der Waals surface area contributed by atoms with Gasteiger partial charge < -0.3 is 0 Å². The number of hydrogen-bond donors (Lipinski definition) is 1. The molecule has 0 amide bonds. The second-order valence-electron chi connectivity index (χ2n) is 1.76. The Morgan fingerprint density at radius 1 is 1.70 bits per heavy atom. The van der Waals surface area contributed by atoms with Gasteiger partial charge in [0.15, 0.2) is 6.19 Å². The molecule has 0 aliphatic heterocycles. The molecule has 50 valence electrons. The molecule has 1 heterocycles. The molecule has 0 spiro atoms. The molecule has 1 aromatic rings. The summed E-state index contributed by atoms with van der Waals surface area (Å²) in [6, 6.07) is 1.77. The monoisotopic (exact) mass is 134 g/mol. The van der Waals surface area contributed by atoms with Crippen LogP contribution in [-0.2, 0) is 0 Å². The maximum absolute atomic E-state index is 8.17. The molecule has 1 rings (SSSR count). The summed E-state index contributed by atoms with van der Waals surface area (Å²) in [6.07, 6.45) is 3.34. The van der Waals surface area contributed by atoms with Crippen molar-refractivity contribution in [1.82, 2.24) is 9.97 Å². The molecule has 0 saturated heterocycles. The molecule has 1 N–H and O–H groups in total. The number of nitrogens with zero attached hydrogens (tertiary/aromatic N) is 3. The van der Waals surface area contributed by atoms with Crippen molar-refractivity contribution in [3.63, 3.8) is 0 Å². The maximum Gasteiger partial charge on any atom is 0.236 e. The lowest BCUT2D eigenvalue weighted by atomic mass is 10.5. The molecule has 0 atom stereocenters. The molecule has 0 bridgehead atoms. The zero-order chi connectivity index (χ0) is 7.40. The summed E-state index contributed by atoms with van der Waals surface area (Å²) in [5.41, 5.74) is 0.841. The summed E-state index contributed by atoms with van der Waals surface area (Å²) >= 11 is 0. The first-order valence-corrected chi connectivity index (χ1v) is 2.77. The normalized spacial score (nSPS) is 8.40. The van der Waals surface area contributed by atoms with Crippen molar-refractivity contribution in [3.05, 3.63) is 18.0 Å². The molecular formula is C6H6N4. The molecule has 0 unspecified atom stereocenters. The van der Waals surface area contributed by atoms with Crippen LogP contribution in [0.1, 0.15) is 5.69 Å². The predicted octanol–water partition coefficient (Wildman–Crippen LogP) is 0.678. The molecule has 0 aliphatic rings. The first-order chi connectivity index (χ1) is 4.83. The smallest absolute Gasteiger partial charge is 0.236 e. The van der Waals surface area contributed by atoms with E-state index in [-0.39, 0.29) is 0 Å². The minimum atomic E-state index is 0.350. The van der Waals surface area contributed by atoms with Crippen LogP contribution in [0.2, 0.25) is 0 Å². The zero-order valence-electron chi connectivity index (χ0n) is 5.50. The second kappa shape index (κ2) is 2.78. The summed E-state index contributed by atoms with van der Waals surface area (Å²) in [5, 5.41) is 10.5. The Balaban J connectivity index is 2.87. The topological polar surface area (TPSA) is 61.6 Å². The Kier molecular flexibility index (Phi) is 1.80. The van der Waals surface area contributed by atoms with Crippen molar-refractivity contribution in [3.8, 4) is 6.19 Å². The Morgan fingerprint density at radius 3 is 3.10 bits per heavy atom. The van der Waals surface area contributed by atoms with Gasteiger partial charge in [0, 0.05) is 11.9 Å². The molecule has 4 heteroatoms. The van der Waals surface area contributed by atoms with E-state index < -0.39 is 0 Å². The summed E-state index contributed by atoms with van der Waals surface area (Å²) in [7, 11) is 0. The van der Waals surface area contributed by atoms with E-state index in [1.165, 1.54) is 0 Å². The minimum Gasteiger partial charge on any atom is -0.261 e. The molecule has 0 saturated carbocycles. The lowest BCUT2D eigenvalue weighted by Crippen LogP contribution is -1.95. The Morgan fingerprint density at radius 2 is 2.50 bits per heavy atom. The molecule has 1 aromatic heterocycles. The standard InChI is InChI=1S/C6H6N4/c1-5-2-3-8-6(10-5)9-4-7/h2-3H,1H3,(H,8,9,10). The van der Waals surface area contributed by atoms with Crippen LogP contribution in [-0.4, -0.2) is 9.97 Å². The van der Waals surface area contributed by atoms with Gasteiger partial charge in [-0.2, -0.15) is 5.26 Å². The van der Waals surface area contributed by atoms with E-state index in [0.29, 0.717) is 5.95 Å². The SMILES string of the molecule is Cc1ccnc(NC#N)n1. The first kappa shape index (κ1) is 6.49. The summed E-state index contributed by atoms with van der Waals surface area (Å²) in [5.74, 6) is 0.350. The van der Waals surface area contributed by atoms with Gasteiger partial charge in [0.2, 0.25) is 5.95 Å². The summed E-state index contributed by atoms with van der Waals surface area (Å²) < 4.78 is 0. The van der Waals surface area contributed by atoms with Crippen LogP contribution in [0.15, 0.2) is 12.3 Å². The van der Waals surface area contributed by atoms with Crippen LogP contribution in [0.4, 0.5) is 5.95 Å². The average Bonchev–Trinajstić information content (AvgIpc) is 1.88. The van der Waals surface area contributed by atoms with Crippen molar-refractivity contribution < 1.29 is 0 Å². The second-order valence-corrected chi connectivity index (χ2v) is 1.76. The number of anilines is 1. The number of aryl methyl sites for hydroxylation is 1. The fourth-order valence-electron chi connectivity index (χ4n) is 0.559. The summed E-state index contributed by atoms with van der Waals surface area (Å²) in [4.78, 5) is 7.70. The molecule has 0 aliphatic carbocycles. The van der Waals surface area contributed by atoms with Crippen LogP contribution >= 0.6 is 0 Å². The summed E-state index contributed by atoms with van der Waals surface area (Å²) in [6.45, 7) is 1.84. The van der Waals surface area contributed by atoms with Gasteiger partial charge in [0.05, 0.1) is 0 Å². The fraction of sp³-hybridized carbons (Fsp3) is 0.167. The van der Waals surface area contributed by atoms with Crippen molar-refractivity contribution in [2.24, 2.45) is 0 Å². The first-order valence-electron chi connectivity index (χ1n) is 2.77. The van der Waals surface area contributed by atoms with Crippen LogP contribution in [0.5, 0.6) is 0 Å². The van der Waals surface area contributed by atoms with Gasteiger partial charge in [-0.25, -0.2) is 9.97 Å². The highest BCUT2D eigenvalue weighted by Gasteiger charge is 1.90. The van der Waals surface area contributed by atoms with Gasteiger partial charge >= 0.3 is 0 Å². The molecule has 10 heavy (non-hydrogen) atoms. The van der Waals surface area contributed by atoms with Gasteiger partial charge in [-0.1, -0.05) is 0 Å². The van der Waals surface area contributed by atoms with Gasteiger partial charge in [-0.05, 0) is 13.0 Å². The highest BCUT2D eigenvalue weighted by molar-refractivity contribution is 5.29. The maximum atomic E-state index is 8.17. The lowest BCUT2D eigenvalue weighted by molar-refractivity contribution is 1.11. The van der Waals surface area contributed by atoms with Crippen LogP contribution < -0.4 is 5.32 Å². The van der Waals surface area contributed by atoms with Crippen molar-refractivity contribution in [1.29, 1.82) is 5.26 Å². The third-order valence-electron chi connectivity index (χ3n) is 0.963. The number of nitrogens with one attached hydrogen (secondary N) is 1. The average molecular weight is 134 g/mol. The lowest BCUT2D eigenvalue weighted by Gasteiger charge is -1.93. The molecule has 4 nitrogen and oxygen atoms in total. The van der Waals surface area contributed by atoms with Crippen LogP contribution in [0.25, 0.3) is 0 Å². The van der Waals surface area contributed by atoms with E-state index in [4.69, 9.17) is 5.26 Å². The van der Waals surface area contributed by atoms with E-state index in [9.17, 15) is 0 Å². The van der Waals surface area contributed by atoms with Gasteiger partial charge in [0.1, 0.15) is 0 Å². The third-order valence-corrected chi connectivity index (χ3v) is 0.963. The van der Waals surface area contributed by atoms with Crippen molar-refractivity contribution in [2.75, 3.05) is 5.32 Å². The number of aromatic nitrogens is 2. The van der Waals surface area contributed by atoms with Gasteiger partial charge in [0.25, 0.3) is 0 Å². The molecule has 0 aromatic carbocycles. The van der Waals surface area contributed by atoms with Gasteiger partial charge in [-0.15, -0.1) is 0 Å². The zero-order valence-corrected chi connectivity index (χ0v) is 5.50. The van der Waals surface area contributed by atoms with E-state index in [1.807, 2.05) is 6.92 Å². The van der Waals surface area contributed by atoms with Crippen molar-refractivity contribution >= 4 is 5.95 Å². The highest BCUT2D eigenvalue weighted by atomic mass is 15.1. The minimum absolute atomic E-state index is 0.350. The Hall–Kier alpha value is -1.63. The predicted molar refractivity (Wildman–Crippen MR) is 36.0 cm³/mol. The van der Waals surface area contributed by atoms with E-state index >= 15 is 0 Å². The van der Waals surface area contributed by atoms with E-state index in [1.54, 1.807) is 18.5 Å². The third kappa shape index (κ3) is 1.42. The van der Waals surface area contributed by atoms with E-state index in [0.717, 1.165) is 5.69 Å². The number of nitriles is 1.